The molecule has 1 amide bonds. The van der Waals surface area contributed by atoms with Crippen LogP contribution in [0.2, 0.25) is 0 Å². The van der Waals surface area contributed by atoms with Crippen LogP contribution in [-0.4, -0.2) is 48.2 Å². The Morgan fingerprint density at radius 2 is 2.35 bits per heavy atom. The van der Waals surface area contributed by atoms with Gasteiger partial charge in [-0.2, -0.15) is 5.26 Å². The molecule has 0 saturated carbocycles. The number of aromatic hydroxyl groups is 1. The van der Waals surface area contributed by atoms with Crippen LogP contribution in [0.5, 0.6) is 11.5 Å². The van der Waals surface area contributed by atoms with Crippen molar-refractivity contribution in [3.8, 4) is 17.6 Å². The summed E-state index contributed by atoms with van der Waals surface area (Å²) < 4.78 is 5.15. The van der Waals surface area contributed by atoms with Crippen molar-refractivity contribution in [2.75, 3.05) is 20.2 Å². The number of nitrogens with zero attached hydrogens (tertiary/aromatic N) is 2. The van der Waals surface area contributed by atoms with E-state index in [0.717, 1.165) is 18.4 Å². The molecule has 23 heavy (non-hydrogen) atoms. The summed E-state index contributed by atoms with van der Waals surface area (Å²) in [6.07, 6.45) is 2.37. The average molecular weight is 315 g/mol. The first-order chi connectivity index (χ1) is 11.1. The molecule has 2 fully saturated rings. The number of ether oxygens (including phenoxy) is 1. The van der Waals surface area contributed by atoms with E-state index >= 15 is 0 Å². The highest BCUT2D eigenvalue weighted by molar-refractivity contribution is 5.83. The number of rotatable bonds is 3. The number of phenolic OH excluding ortho intramolecular Hbond substituents is 1. The van der Waals surface area contributed by atoms with Gasteiger partial charge in [-0.3, -0.25) is 4.79 Å². The predicted octanol–water partition coefficient (Wildman–Crippen LogP) is 1.36. The lowest BCUT2D eigenvalue weighted by Gasteiger charge is -2.23. The smallest absolute Gasteiger partial charge is 0.240 e. The number of nitrogens with one attached hydrogen (secondary N) is 1. The molecule has 2 heterocycles. The van der Waals surface area contributed by atoms with Crippen LogP contribution >= 0.6 is 0 Å². The fraction of sp³-hybridized carbons (Fsp3) is 0.529. The average Bonchev–Trinajstić information content (AvgIpc) is 3.23. The van der Waals surface area contributed by atoms with Crippen molar-refractivity contribution in [2.45, 2.75) is 37.3 Å². The third-order valence-electron chi connectivity index (χ3n) is 4.79. The van der Waals surface area contributed by atoms with Crippen molar-refractivity contribution in [1.82, 2.24) is 10.2 Å². The van der Waals surface area contributed by atoms with Crippen LogP contribution < -0.4 is 10.1 Å². The molecule has 1 aromatic rings. The minimum absolute atomic E-state index is 0.0299. The van der Waals surface area contributed by atoms with Crippen LogP contribution in [0, 0.1) is 11.3 Å². The lowest BCUT2D eigenvalue weighted by Crippen LogP contribution is -2.45. The first-order valence-corrected chi connectivity index (χ1v) is 7.94. The van der Waals surface area contributed by atoms with Gasteiger partial charge in [-0.25, -0.2) is 0 Å². The number of likely N-dealkylation sites (tertiary alicyclic amines) is 1. The van der Waals surface area contributed by atoms with Gasteiger partial charge in [-0.05, 0) is 42.9 Å². The Morgan fingerprint density at radius 3 is 3.09 bits per heavy atom. The van der Waals surface area contributed by atoms with Gasteiger partial charge in [0.2, 0.25) is 5.91 Å². The summed E-state index contributed by atoms with van der Waals surface area (Å²) in [5.74, 6) is 0.786. The zero-order chi connectivity index (χ0) is 16.4. The molecule has 0 unspecified atom stereocenters. The summed E-state index contributed by atoms with van der Waals surface area (Å²) >= 11 is 0. The lowest BCUT2D eigenvalue weighted by molar-refractivity contribution is -0.133. The maximum absolute atomic E-state index is 12.6. The molecule has 2 aliphatic heterocycles. The molecule has 6 nitrogen and oxygen atoms in total. The van der Waals surface area contributed by atoms with Crippen molar-refractivity contribution < 1.29 is 14.6 Å². The Kier molecular flexibility index (Phi) is 4.39. The Bertz CT molecular complexity index is 640. The van der Waals surface area contributed by atoms with Gasteiger partial charge in [0.05, 0.1) is 19.2 Å². The fourth-order valence-electron chi connectivity index (χ4n) is 3.49. The second-order valence-electron chi connectivity index (χ2n) is 6.14. The van der Waals surface area contributed by atoms with Crippen LogP contribution in [0.3, 0.4) is 0 Å². The number of hydrogen-bond donors (Lipinski definition) is 2. The second kappa shape index (κ2) is 6.47. The number of benzene rings is 1. The van der Waals surface area contributed by atoms with E-state index in [2.05, 4.69) is 11.4 Å². The van der Waals surface area contributed by atoms with Gasteiger partial charge in [-0.1, -0.05) is 6.07 Å². The van der Waals surface area contributed by atoms with Crippen LogP contribution in [0.25, 0.3) is 0 Å². The van der Waals surface area contributed by atoms with E-state index in [-0.39, 0.29) is 29.7 Å². The standard InChI is InChI=1S/C17H21N3O3/c1-23-16-8-11(4-5-15(16)21)12-7-14(19-10-12)17(22)20-6-2-3-13(20)9-18/h4-5,8,12-14,19,21H,2-3,6-7,10H2,1H3/t12-,13-,14-/m0/s1. The Hall–Kier alpha value is -2.26. The monoisotopic (exact) mass is 315 g/mol. The maximum atomic E-state index is 12.6. The highest BCUT2D eigenvalue weighted by Crippen LogP contribution is 2.33. The molecule has 0 bridgehead atoms. The van der Waals surface area contributed by atoms with Crippen LogP contribution in [0.15, 0.2) is 18.2 Å². The normalized spacial score (nSPS) is 27.0. The van der Waals surface area contributed by atoms with E-state index in [4.69, 9.17) is 10.00 Å². The van der Waals surface area contributed by atoms with Crippen molar-refractivity contribution in [3.63, 3.8) is 0 Å². The third-order valence-corrected chi connectivity index (χ3v) is 4.79. The number of methoxy groups -OCH3 is 1. The summed E-state index contributed by atoms with van der Waals surface area (Å²) in [5, 5.41) is 22.1. The molecule has 0 aromatic heterocycles. The largest absolute Gasteiger partial charge is 0.504 e. The minimum Gasteiger partial charge on any atom is -0.504 e. The van der Waals surface area contributed by atoms with Gasteiger partial charge in [0.15, 0.2) is 11.5 Å². The molecule has 2 aliphatic rings. The van der Waals surface area contributed by atoms with Gasteiger partial charge < -0.3 is 20.1 Å². The summed E-state index contributed by atoms with van der Waals surface area (Å²) in [5.41, 5.74) is 1.04. The first-order valence-electron chi connectivity index (χ1n) is 7.94. The molecule has 0 aliphatic carbocycles. The molecule has 6 heteroatoms. The van der Waals surface area contributed by atoms with Crippen molar-refractivity contribution >= 4 is 5.91 Å². The number of nitriles is 1. The molecule has 3 atom stereocenters. The molecule has 1 aromatic carbocycles. The van der Waals surface area contributed by atoms with E-state index in [1.807, 2.05) is 12.1 Å². The zero-order valence-electron chi connectivity index (χ0n) is 13.2. The second-order valence-corrected chi connectivity index (χ2v) is 6.14. The van der Waals surface area contributed by atoms with Gasteiger partial charge in [0.25, 0.3) is 0 Å². The number of amides is 1. The molecule has 3 rings (SSSR count). The van der Waals surface area contributed by atoms with Gasteiger partial charge in [0, 0.05) is 13.1 Å². The number of phenols is 1. The molecular weight excluding hydrogens is 294 g/mol. The molecule has 2 N–H and O–H groups in total. The van der Waals surface area contributed by atoms with E-state index in [9.17, 15) is 9.90 Å². The zero-order valence-corrected chi connectivity index (χ0v) is 13.2. The molecule has 122 valence electrons. The Labute approximate surface area is 135 Å². The van der Waals surface area contributed by atoms with E-state index in [1.165, 1.54) is 7.11 Å². The number of carbonyl (C=O) groups is 1. The highest BCUT2D eigenvalue weighted by Gasteiger charge is 2.37. The summed E-state index contributed by atoms with van der Waals surface area (Å²) in [6, 6.07) is 7.00. The molecular formula is C17H21N3O3. The van der Waals surface area contributed by atoms with Crippen LogP contribution in [0.4, 0.5) is 0 Å². The third kappa shape index (κ3) is 2.97. The summed E-state index contributed by atoms with van der Waals surface area (Å²) in [6.45, 7) is 1.38. The Balaban J connectivity index is 1.69. The van der Waals surface area contributed by atoms with Gasteiger partial charge >= 0.3 is 0 Å². The fourth-order valence-corrected chi connectivity index (χ4v) is 3.49. The molecule has 0 spiro atoms. The number of carbonyl (C=O) groups excluding carboxylic acids is 1. The van der Waals surface area contributed by atoms with Crippen LogP contribution in [0.1, 0.15) is 30.7 Å². The Morgan fingerprint density at radius 1 is 1.52 bits per heavy atom. The topological polar surface area (TPSA) is 85.6 Å². The predicted molar refractivity (Wildman–Crippen MR) is 84.2 cm³/mol. The van der Waals surface area contributed by atoms with E-state index < -0.39 is 0 Å². The molecule has 0 radical (unpaired) electrons. The highest BCUT2D eigenvalue weighted by atomic mass is 16.5. The van der Waals surface area contributed by atoms with Crippen molar-refractivity contribution in [3.05, 3.63) is 23.8 Å². The van der Waals surface area contributed by atoms with E-state index in [0.29, 0.717) is 25.3 Å². The SMILES string of the molecule is COc1cc([C@@H]2CN[C@H](C(=O)N3CCC[C@H]3C#N)C2)ccc1O. The maximum Gasteiger partial charge on any atom is 0.240 e. The quantitative estimate of drug-likeness (QED) is 0.879. The lowest BCUT2D eigenvalue weighted by atomic mass is 9.95. The van der Waals surface area contributed by atoms with Crippen molar-refractivity contribution in [1.29, 1.82) is 5.26 Å². The van der Waals surface area contributed by atoms with E-state index in [1.54, 1.807) is 11.0 Å². The number of hydrogen-bond acceptors (Lipinski definition) is 5. The first kappa shape index (κ1) is 15.6. The minimum atomic E-state index is -0.280. The summed E-state index contributed by atoms with van der Waals surface area (Å²) in [4.78, 5) is 14.3. The van der Waals surface area contributed by atoms with Gasteiger partial charge in [-0.15, -0.1) is 0 Å². The summed E-state index contributed by atoms with van der Waals surface area (Å²) in [7, 11) is 1.52. The van der Waals surface area contributed by atoms with Crippen molar-refractivity contribution in [2.24, 2.45) is 0 Å². The molecule has 2 saturated heterocycles. The van der Waals surface area contributed by atoms with Gasteiger partial charge in [0.1, 0.15) is 6.04 Å². The van der Waals surface area contributed by atoms with Crippen LogP contribution in [-0.2, 0) is 4.79 Å².